The van der Waals surface area contributed by atoms with Crippen LogP contribution in [0.5, 0.6) is 11.5 Å². The highest BCUT2D eigenvalue weighted by Gasteiger charge is 2.12. The van der Waals surface area contributed by atoms with Crippen LogP contribution in [0.3, 0.4) is 0 Å². The zero-order valence-corrected chi connectivity index (χ0v) is 17.2. The number of rotatable bonds is 10. The molecule has 7 heteroatoms. The Balaban J connectivity index is 1.56. The average molecular weight is 396 g/mol. The molecular formula is C22H28N4O3. The molecule has 3 aromatic rings. The topological polar surface area (TPSA) is 68.6 Å². The Kier molecular flexibility index (Phi) is 7.08. The molecule has 0 aliphatic heterocycles. The lowest BCUT2D eigenvalue weighted by Crippen LogP contribution is -2.31. The molecule has 2 aromatic carbocycles. The molecule has 1 N–H and O–H groups in total. The first-order valence-electron chi connectivity index (χ1n) is 9.70. The van der Waals surface area contributed by atoms with Crippen molar-refractivity contribution in [2.45, 2.75) is 13.0 Å². The molecule has 7 nitrogen and oxygen atoms in total. The van der Waals surface area contributed by atoms with Gasteiger partial charge in [-0.05, 0) is 38.4 Å². The fraction of sp³-hybridized carbons (Fsp3) is 0.364. The van der Waals surface area contributed by atoms with E-state index in [4.69, 9.17) is 14.5 Å². The Bertz CT molecular complexity index is 952. The van der Waals surface area contributed by atoms with Gasteiger partial charge in [0, 0.05) is 26.1 Å². The van der Waals surface area contributed by atoms with Crippen LogP contribution in [0.1, 0.15) is 5.82 Å². The summed E-state index contributed by atoms with van der Waals surface area (Å²) in [5.41, 5.74) is 2.10. The number of aromatic nitrogens is 2. The number of fused-ring (bicyclic) bond motifs is 1. The zero-order valence-electron chi connectivity index (χ0n) is 17.2. The smallest absolute Gasteiger partial charge is 0.257 e. The third-order valence-corrected chi connectivity index (χ3v) is 4.60. The lowest BCUT2D eigenvalue weighted by atomic mass is 10.3. The van der Waals surface area contributed by atoms with Gasteiger partial charge in [0.05, 0.1) is 18.1 Å². The lowest BCUT2D eigenvalue weighted by molar-refractivity contribution is -0.123. The van der Waals surface area contributed by atoms with Crippen molar-refractivity contribution in [1.82, 2.24) is 19.8 Å². The van der Waals surface area contributed by atoms with Gasteiger partial charge in [-0.15, -0.1) is 0 Å². The fourth-order valence-electron chi connectivity index (χ4n) is 3.11. The van der Waals surface area contributed by atoms with E-state index in [9.17, 15) is 4.79 Å². The van der Waals surface area contributed by atoms with Gasteiger partial charge < -0.3 is 24.3 Å². The van der Waals surface area contributed by atoms with Crippen LogP contribution >= 0.6 is 0 Å². The number of hydrogen-bond donors (Lipinski definition) is 1. The number of imidazole rings is 1. The molecule has 0 aliphatic rings. The molecule has 1 aromatic heterocycles. The molecule has 1 amide bonds. The van der Waals surface area contributed by atoms with E-state index in [-0.39, 0.29) is 12.5 Å². The molecule has 1 heterocycles. The quantitative estimate of drug-likeness (QED) is 0.570. The first-order chi connectivity index (χ1) is 14.1. The van der Waals surface area contributed by atoms with Crippen LogP contribution in [0.2, 0.25) is 0 Å². The summed E-state index contributed by atoms with van der Waals surface area (Å²) in [5, 5.41) is 2.91. The molecule has 0 fully saturated rings. The second-order valence-corrected chi connectivity index (χ2v) is 7.01. The average Bonchev–Trinajstić information content (AvgIpc) is 3.08. The number of likely N-dealkylation sites (N-methyl/N-ethyl adjacent to an activating group) is 1. The minimum Gasteiger partial charge on any atom is -0.493 e. The first-order valence-corrected chi connectivity index (χ1v) is 9.70. The third-order valence-electron chi connectivity index (χ3n) is 4.60. The fourth-order valence-corrected chi connectivity index (χ4v) is 3.11. The number of hydrogen-bond acceptors (Lipinski definition) is 5. The lowest BCUT2D eigenvalue weighted by Gasteiger charge is -2.14. The van der Waals surface area contributed by atoms with Crippen molar-refractivity contribution in [3.8, 4) is 11.5 Å². The highest BCUT2D eigenvalue weighted by atomic mass is 16.5. The van der Waals surface area contributed by atoms with E-state index < -0.39 is 0 Å². The van der Waals surface area contributed by atoms with Crippen LogP contribution < -0.4 is 14.8 Å². The predicted octanol–water partition coefficient (Wildman–Crippen LogP) is 2.34. The maximum Gasteiger partial charge on any atom is 0.257 e. The summed E-state index contributed by atoms with van der Waals surface area (Å²) in [5.74, 6) is 1.95. The number of nitrogens with one attached hydrogen (secondary N) is 1. The van der Waals surface area contributed by atoms with E-state index in [1.54, 1.807) is 19.2 Å². The summed E-state index contributed by atoms with van der Waals surface area (Å²) in [7, 11) is 5.69. The second kappa shape index (κ2) is 9.93. The van der Waals surface area contributed by atoms with Crippen molar-refractivity contribution in [2.75, 3.05) is 40.9 Å². The first kappa shape index (κ1) is 20.7. The molecular weight excluding hydrogens is 368 g/mol. The Hall–Kier alpha value is -3.06. The van der Waals surface area contributed by atoms with Crippen LogP contribution in [0.15, 0.2) is 48.5 Å². The largest absolute Gasteiger partial charge is 0.493 e. The molecule has 3 rings (SSSR count). The van der Waals surface area contributed by atoms with E-state index in [0.29, 0.717) is 24.5 Å². The standard InChI is InChI=1S/C22H28N4O3/c1-25(2)14-15-26-18-9-5-4-8-17(18)24-21(26)12-13-23-22(27)16-29-20-11-7-6-10-19(20)28-3/h4-11H,12-16H2,1-3H3,(H,23,27). The van der Waals surface area contributed by atoms with Crippen LogP contribution in [-0.2, 0) is 17.8 Å². The van der Waals surface area contributed by atoms with Crippen LogP contribution in [0, 0.1) is 0 Å². The molecule has 0 spiro atoms. The molecule has 0 unspecified atom stereocenters. The highest BCUT2D eigenvalue weighted by Crippen LogP contribution is 2.25. The molecule has 0 saturated carbocycles. The minimum absolute atomic E-state index is 0.0581. The molecule has 0 bridgehead atoms. The Morgan fingerprint density at radius 3 is 2.59 bits per heavy atom. The number of carbonyl (C=O) groups is 1. The maximum atomic E-state index is 12.2. The van der Waals surface area contributed by atoms with Crippen molar-refractivity contribution in [3.63, 3.8) is 0 Å². The maximum absolute atomic E-state index is 12.2. The van der Waals surface area contributed by atoms with Crippen LogP contribution in [0.4, 0.5) is 0 Å². The Morgan fingerprint density at radius 2 is 1.83 bits per heavy atom. The van der Waals surface area contributed by atoms with Gasteiger partial charge in [0.25, 0.3) is 5.91 Å². The number of methoxy groups -OCH3 is 1. The number of carbonyl (C=O) groups excluding carboxylic acids is 1. The molecule has 29 heavy (non-hydrogen) atoms. The van der Waals surface area contributed by atoms with Gasteiger partial charge in [-0.2, -0.15) is 0 Å². The SMILES string of the molecule is COc1ccccc1OCC(=O)NCCc1nc2ccccc2n1CCN(C)C. The third kappa shape index (κ3) is 5.48. The number of ether oxygens (including phenoxy) is 2. The summed E-state index contributed by atoms with van der Waals surface area (Å²) >= 11 is 0. The molecule has 0 atom stereocenters. The van der Waals surface area contributed by atoms with Gasteiger partial charge in [-0.25, -0.2) is 4.98 Å². The summed E-state index contributed by atoms with van der Waals surface area (Å²) < 4.78 is 13.0. The van der Waals surface area contributed by atoms with E-state index in [1.807, 2.05) is 30.3 Å². The summed E-state index contributed by atoms with van der Waals surface area (Å²) in [6.07, 6.45) is 0.655. The number of benzene rings is 2. The number of nitrogens with zero attached hydrogens (tertiary/aromatic N) is 3. The van der Waals surface area contributed by atoms with Gasteiger partial charge in [0.15, 0.2) is 18.1 Å². The van der Waals surface area contributed by atoms with Gasteiger partial charge in [-0.1, -0.05) is 24.3 Å². The Labute approximate surface area is 171 Å². The van der Waals surface area contributed by atoms with E-state index in [0.717, 1.165) is 29.9 Å². The predicted molar refractivity (Wildman–Crippen MR) is 113 cm³/mol. The van der Waals surface area contributed by atoms with Crippen molar-refractivity contribution in [2.24, 2.45) is 0 Å². The van der Waals surface area contributed by atoms with Gasteiger partial charge in [0.1, 0.15) is 5.82 Å². The molecule has 0 saturated heterocycles. The van der Waals surface area contributed by atoms with Gasteiger partial charge in [-0.3, -0.25) is 4.79 Å². The van der Waals surface area contributed by atoms with E-state index >= 15 is 0 Å². The van der Waals surface area contributed by atoms with Crippen molar-refractivity contribution in [1.29, 1.82) is 0 Å². The number of para-hydroxylation sites is 4. The van der Waals surface area contributed by atoms with Crippen LogP contribution in [-0.4, -0.2) is 61.3 Å². The molecule has 0 radical (unpaired) electrons. The van der Waals surface area contributed by atoms with Crippen molar-refractivity contribution < 1.29 is 14.3 Å². The zero-order chi connectivity index (χ0) is 20.6. The minimum atomic E-state index is -0.174. The van der Waals surface area contributed by atoms with Crippen molar-refractivity contribution >= 4 is 16.9 Å². The van der Waals surface area contributed by atoms with Gasteiger partial charge >= 0.3 is 0 Å². The molecule has 0 aliphatic carbocycles. The highest BCUT2D eigenvalue weighted by molar-refractivity contribution is 5.78. The van der Waals surface area contributed by atoms with Crippen LogP contribution in [0.25, 0.3) is 11.0 Å². The summed E-state index contributed by atoms with van der Waals surface area (Å²) in [6, 6.07) is 15.4. The molecule has 154 valence electrons. The van der Waals surface area contributed by atoms with E-state index in [2.05, 4.69) is 34.9 Å². The Morgan fingerprint density at radius 1 is 1.10 bits per heavy atom. The second-order valence-electron chi connectivity index (χ2n) is 7.01. The monoisotopic (exact) mass is 396 g/mol. The summed E-state index contributed by atoms with van der Waals surface area (Å²) in [4.78, 5) is 19.1. The van der Waals surface area contributed by atoms with Gasteiger partial charge in [0.2, 0.25) is 0 Å². The van der Waals surface area contributed by atoms with Crippen molar-refractivity contribution in [3.05, 3.63) is 54.4 Å². The number of amides is 1. The van der Waals surface area contributed by atoms with E-state index in [1.165, 1.54) is 0 Å². The summed E-state index contributed by atoms with van der Waals surface area (Å²) in [6.45, 7) is 2.22. The normalized spacial score (nSPS) is 11.0.